The van der Waals surface area contributed by atoms with Crippen molar-refractivity contribution in [3.05, 3.63) is 40.5 Å². The Morgan fingerprint density at radius 3 is 2.72 bits per heavy atom. The smallest absolute Gasteiger partial charge is 0.222 e. The summed E-state index contributed by atoms with van der Waals surface area (Å²) in [7, 11) is 0. The van der Waals surface area contributed by atoms with E-state index in [1.54, 1.807) is 0 Å². The summed E-state index contributed by atoms with van der Waals surface area (Å²) in [6.45, 7) is 6.81. The van der Waals surface area contributed by atoms with E-state index in [0.29, 0.717) is 6.61 Å². The first-order chi connectivity index (χ1) is 14.0. The van der Waals surface area contributed by atoms with E-state index >= 15 is 0 Å². The molecule has 1 aromatic heterocycles. The van der Waals surface area contributed by atoms with Crippen LogP contribution in [0, 0.1) is 6.92 Å². The van der Waals surface area contributed by atoms with E-state index in [-0.39, 0.29) is 17.6 Å². The first-order valence-corrected chi connectivity index (χ1v) is 10.5. The number of rotatable bonds is 3. The lowest BCUT2D eigenvalue weighted by Gasteiger charge is -2.56. The molecule has 0 bridgehead atoms. The lowest BCUT2D eigenvalue weighted by atomic mass is 9.86. The molecular formula is C21H26ClN5O2. The number of hydrogen-bond donors (Lipinski definition) is 1. The molecule has 0 radical (unpaired) electrons. The van der Waals surface area contributed by atoms with Crippen molar-refractivity contribution in [2.45, 2.75) is 31.4 Å². The second-order valence-electron chi connectivity index (χ2n) is 8.21. The van der Waals surface area contributed by atoms with Gasteiger partial charge in [-0.15, -0.1) is 0 Å². The van der Waals surface area contributed by atoms with Gasteiger partial charge in [0.2, 0.25) is 5.95 Å². The van der Waals surface area contributed by atoms with E-state index < -0.39 is 0 Å². The Hall–Kier alpha value is -2.09. The van der Waals surface area contributed by atoms with Crippen molar-refractivity contribution in [2.75, 3.05) is 55.0 Å². The zero-order valence-corrected chi connectivity index (χ0v) is 17.4. The highest BCUT2D eigenvalue weighted by Crippen LogP contribution is 2.41. The molecule has 0 amide bonds. The molecule has 1 aromatic carbocycles. The molecule has 29 heavy (non-hydrogen) atoms. The van der Waals surface area contributed by atoms with E-state index in [2.05, 4.69) is 38.0 Å². The van der Waals surface area contributed by atoms with Gasteiger partial charge in [0.25, 0.3) is 0 Å². The lowest BCUT2D eigenvalue weighted by molar-refractivity contribution is -0.160. The van der Waals surface area contributed by atoms with Gasteiger partial charge in [0.15, 0.2) is 0 Å². The van der Waals surface area contributed by atoms with Gasteiger partial charge in [-0.25, -0.2) is 4.98 Å². The fourth-order valence-corrected chi connectivity index (χ4v) is 4.79. The van der Waals surface area contributed by atoms with Crippen LogP contribution in [0.2, 0.25) is 5.02 Å². The monoisotopic (exact) mass is 415 g/mol. The van der Waals surface area contributed by atoms with Crippen molar-refractivity contribution < 1.29 is 9.47 Å². The minimum Gasteiger partial charge on any atom is -0.379 e. The number of nitrogen functional groups attached to an aromatic ring is 1. The summed E-state index contributed by atoms with van der Waals surface area (Å²) < 4.78 is 11.6. The van der Waals surface area contributed by atoms with Gasteiger partial charge in [-0.3, -0.25) is 0 Å². The number of benzene rings is 1. The maximum absolute atomic E-state index is 6.78. The topological polar surface area (TPSA) is 76.7 Å². The Morgan fingerprint density at radius 2 is 2.03 bits per heavy atom. The van der Waals surface area contributed by atoms with Gasteiger partial charge in [0.1, 0.15) is 11.4 Å². The van der Waals surface area contributed by atoms with E-state index in [0.717, 1.165) is 73.5 Å². The van der Waals surface area contributed by atoms with E-state index in [1.807, 2.05) is 13.0 Å². The third-order valence-corrected chi connectivity index (χ3v) is 6.45. The largest absolute Gasteiger partial charge is 0.379 e. The normalized spacial score (nSPS) is 23.4. The van der Waals surface area contributed by atoms with Gasteiger partial charge in [-0.2, -0.15) is 4.98 Å². The fraction of sp³-hybridized carbons (Fsp3) is 0.524. The Bertz CT molecular complexity index is 892. The maximum atomic E-state index is 6.78. The molecule has 154 valence electrons. The SMILES string of the molecule is Cc1cc(N2CCCOC[C@@H]2c2ccc(N3CC4(CCO4)C3)cc2Cl)nc(N)n1. The molecule has 5 rings (SSSR count). The Morgan fingerprint density at radius 1 is 1.21 bits per heavy atom. The number of aromatic nitrogens is 2. The third-order valence-electron chi connectivity index (χ3n) is 6.12. The molecule has 1 spiro atoms. The Kier molecular flexibility index (Phi) is 4.76. The summed E-state index contributed by atoms with van der Waals surface area (Å²) in [6.07, 6.45) is 2.08. The summed E-state index contributed by atoms with van der Waals surface area (Å²) in [5.41, 5.74) is 9.04. The molecule has 2 N–H and O–H groups in total. The van der Waals surface area contributed by atoms with Crippen LogP contribution in [0.4, 0.5) is 17.5 Å². The van der Waals surface area contributed by atoms with Crippen LogP contribution in [0.3, 0.4) is 0 Å². The molecule has 0 saturated carbocycles. The van der Waals surface area contributed by atoms with E-state index in [9.17, 15) is 0 Å². The maximum Gasteiger partial charge on any atom is 0.222 e. The van der Waals surface area contributed by atoms with Crippen LogP contribution in [0.5, 0.6) is 0 Å². The van der Waals surface area contributed by atoms with Crippen molar-refractivity contribution in [1.82, 2.24) is 9.97 Å². The van der Waals surface area contributed by atoms with Crippen LogP contribution in [0.25, 0.3) is 0 Å². The van der Waals surface area contributed by atoms with Crippen molar-refractivity contribution in [3.63, 3.8) is 0 Å². The average Bonchev–Trinajstić information content (AvgIpc) is 2.84. The number of anilines is 3. The predicted octanol–water partition coefficient (Wildman–Crippen LogP) is 2.97. The number of hydrogen-bond acceptors (Lipinski definition) is 7. The number of nitrogens with zero attached hydrogens (tertiary/aromatic N) is 4. The summed E-state index contributed by atoms with van der Waals surface area (Å²) in [5, 5.41) is 0.747. The standard InChI is InChI=1S/C21H26ClN5O2/c1-14-9-19(25-20(23)24-14)27-6-2-7-28-11-18(27)16-4-3-15(10-17(16)22)26-12-21(13-26)5-8-29-21/h3-4,9-10,18H,2,5-8,11-13H2,1H3,(H2,23,24,25)/t18-/m1/s1. The van der Waals surface area contributed by atoms with Crippen molar-refractivity contribution in [2.24, 2.45) is 0 Å². The number of halogens is 1. The predicted molar refractivity (Wildman–Crippen MR) is 114 cm³/mol. The third kappa shape index (κ3) is 3.52. The van der Waals surface area contributed by atoms with Crippen molar-refractivity contribution in [3.8, 4) is 0 Å². The highest BCUT2D eigenvalue weighted by molar-refractivity contribution is 6.31. The summed E-state index contributed by atoms with van der Waals surface area (Å²) in [6, 6.07) is 8.27. The summed E-state index contributed by atoms with van der Waals surface area (Å²) >= 11 is 6.78. The van der Waals surface area contributed by atoms with Gasteiger partial charge in [-0.1, -0.05) is 17.7 Å². The molecule has 3 aliphatic rings. The fourth-order valence-electron chi connectivity index (χ4n) is 4.49. The van der Waals surface area contributed by atoms with Crippen LogP contribution in [-0.2, 0) is 9.47 Å². The zero-order chi connectivity index (χ0) is 20.0. The van der Waals surface area contributed by atoms with Gasteiger partial charge in [-0.05, 0) is 31.0 Å². The average molecular weight is 416 g/mol. The number of ether oxygens (including phenoxy) is 2. The molecule has 1 atom stereocenters. The van der Waals surface area contributed by atoms with Gasteiger partial charge in [0, 0.05) is 55.1 Å². The Balaban J connectivity index is 1.42. The number of nitrogens with two attached hydrogens (primary N) is 1. The van der Waals surface area contributed by atoms with Gasteiger partial charge in [0.05, 0.1) is 19.3 Å². The molecule has 7 nitrogen and oxygen atoms in total. The minimum atomic E-state index is -0.0227. The van der Waals surface area contributed by atoms with Crippen LogP contribution >= 0.6 is 11.6 Å². The summed E-state index contributed by atoms with van der Waals surface area (Å²) in [4.78, 5) is 13.2. The van der Waals surface area contributed by atoms with Crippen molar-refractivity contribution in [1.29, 1.82) is 0 Å². The first kappa shape index (κ1) is 18.9. The van der Waals surface area contributed by atoms with Gasteiger partial charge >= 0.3 is 0 Å². The minimum absolute atomic E-state index is 0.0227. The van der Waals surface area contributed by atoms with Crippen LogP contribution in [0.1, 0.15) is 30.1 Å². The van der Waals surface area contributed by atoms with Gasteiger partial charge < -0.3 is 25.0 Å². The molecule has 3 fully saturated rings. The molecule has 0 unspecified atom stereocenters. The molecule has 3 aliphatic heterocycles. The van der Waals surface area contributed by atoms with Crippen molar-refractivity contribution >= 4 is 29.1 Å². The second-order valence-corrected chi connectivity index (χ2v) is 8.61. The lowest BCUT2D eigenvalue weighted by Crippen LogP contribution is -2.68. The molecule has 3 saturated heterocycles. The van der Waals surface area contributed by atoms with E-state index in [1.165, 1.54) is 0 Å². The molecule has 0 aliphatic carbocycles. The molecular weight excluding hydrogens is 390 g/mol. The summed E-state index contributed by atoms with van der Waals surface area (Å²) in [5.74, 6) is 1.10. The highest BCUT2D eigenvalue weighted by Gasteiger charge is 2.49. The molecule has 8 heteroatoms. The zero-order valence-electron chi connectivity index (χ0n) is 16.6. The molecule has 2 aromatic rings. The first-order valence-electron chi connectivity index (χ1n) is 10.2. The van der Waals surface area contributed by atoms with Crippen LogP contribution in [-0.4, -0.2) is 55.0 Å². The highest BCUT2D eigenvalue weighted by atomic mass is 35.5. The van der Waals surface area contributed by atoms with Crippen LogP contribution in [0.15, 0.2) is 24.3 Å². The van der Waals surface area contributed by atoms with E-state index in [4.69, 9.17) is 26.8 Å². The Labute approximate surface area is 175 Å². The second kappa shape index (κ2) is 7.31. The quantitative estimate of drug-likeness (QED) is 0.825. The van der Waals surface area contributed by atoms with Crippen LogP contribution < -0.4 is 15.5 Å². The molecule has 4 heterocycles. The number of aryl methyl sites for hydroxylation is 1.